The Morgan fingerprint density at radius 3 is 2.86 bits per heavy atom. The number of benzene rings is 1. The van der Waals surface area contributed by atoms with Crippen LogP contribution in [0.3, 0.4) is 0 Å². The van der Waals surface area contributed by atoms with Crippen LogP contribution in [0.2, 0.25) is 0 Å². The fraction of sp³-hybridized carbons (Fsp3) is 0.417. The van der Waals surface area contributed by atoms with Crippen molar-refractivity contribution in [2.75, 3.05) is 18.0 Å². The Bertz CT molecular complexity index is 297. The summed E-state index contributed by atoms with van der Waals surface area (Å²) in [6, 6.07) is 11.2. The molecule has 0 aliphatic carbocycles. The maximum Gasteiger partial charge on any atom is 0.177 e. The SMILES string of the molecule is [C]1N(c2ccccc2)C[C@@H]2CCCN12. The van der Waals surface area contributed by atoms with E-state index in [9.17, 15) is 0 Å². The highest BCUT2D eigenvalue weighted by molar-refractivity contribution is 5.49. The van der Waals surface area contributed by atoms with Crippen molar-refractivity contribution >= 4 is 5.69 Å². The van der Waals surface area contributed by atoms with Crippen LogP contribution in [0.4, 0.5) is 5.69 Å². The Balaban J connectivity index is 1.77. The summed E-state index contributed by atoms with van der Waals surface area (Å²) in [6.07, 6.45) is 2.66. The maximum absolute atomic E-state index is 3.44. The molecule has 2 aliphatic heterocycles. The summed E-state index contributed by atoms with van der Waals surface area (Å²) in [7, 11) is 0. The second-order valence-corrected chi connectivity index (χ2v) is 4.04. The highest BCUT2D eigenvalue weighted by Gasteiger charge is 2.34. The number of nitrogens with zero attached hydrogens (tertiary/aromatic N) is 2. The molecular formula is C12H14N2. The molecule has 2 heteroatoms. The van der Waals surface area contributed by atoms with Crippen LogP contribution in [-0.2, 0) is 0 Å². The Morgan fingerprint density at radius 2 is 2.07 bits per heavy atom. The highest BCUT2D eigenvalue weighted by atomic mass is 15.4. The van der Waals surface area contributed by atoms with Gasteiger partial charge in [-0.1, -0.05) is 18.2 Å². The van der Waals surface area contributed by atoms with Gasteiger partial charge in [-0.15, -0.1) is 0 Å². The third-order valence-corrected chi connectivity index (χ3v) is 3.09. The molecule has 2 fully saturated rings. The molecule has 0 aromatic heterocycles. The fourth-order valence-corrected chi connectivity index (χ4v) is 2.33. The standard InChI is InChI=1S/C12H14N2/c1-2-5-11(6-3-1)14-9-12-7-4-8-13(12)10-14/h1-3,5-6,12H,4,7-9H2/t12-/m0/s1. The number of rotatable bonds is 1. The van der Waals surface area contributed by atoms with Gasteiger partial charge in [0.2, 0.25) is 0 Å². The minimum Gasteiger partial charge on any atom is -0.345 e. The normalized spacial score (nSPS) is 26.9. The van der Waals surface area contributed by atoms with Gasteiger partial charge in [0.1, 0.15) is 0 Å². The van der Waals surface area contributed by atoms with Crippen molar-refractivity contribution in [2.45, 2.75) is 18.9 Å². The van der Waals surface area contributed by atoms with Gasteiger partial charge in [0.15, 0.2) is 6.67 Å². The van der Waals surface area contributed by atoms with Gasteiger partial charge in [0.05, 0.1) is 0 Å². The number of hydrogen-bond donors (Lipinski definition) is 0. The summed E-state index contributed by atoms with van der Waals surface area (Å²) in [6.45, 7) is 5.74. The first-order valence-electron chi connectivity index (χ1n) is 5.29. The smallest absolute Gasteiger partial charge is 0.177 e. The average molecular weight is 186 g/mol. The zero-order chi connectivity index (χ0) is 9.38. The van der Waals surface area contributed by atoms with E-state index in [1.54, 1.807) is 0 Å². The minimum atomic E-state index is 0.718. The third-order valence-electron chi connectivity index (χ3n) is 3.09. The van der Waals surface area contributed by atoms with E-state index >= 15 is 0 Å². The lowest BCUT2D eigenvalue weighted by molar-refractivity contribution is 0.375. The van der Waals surface area contributed by atoms with Gasteiger partial charge >= 0.3 is 0 Å². The lowest BCUT2D eigenvalue weighted by Crippen LogP contribution is -2.20. The fourth-order valence-electron chi connectivity index (χ4n) is 2.33. The lowest BCUT2D eigenvalue weighted by atomic mass is 10.2. The van der Waals surface area contributed by atoms with E-state index in [1.165, 1.54) is 25.1 Å². The van der Waals surface area contributed by atoms with Gasteiger partial charge < -0.3 is 4.90 Å². The van der Waals surface area contributed by atoms with Gasteiger partial charge in [-0.05, 0) is 25.0 Å². The predicted octanol–water partition coefficient (Wildman–Crippen LogP) is 1.97. The molecule has 2 heterocycles. The van der Waals surface area contributed by atoms with Crippen LogP contribution in [0, 0.1) is 6.67 Å². The molecule has 1 aromatic carbocycles. The number of anilines is 1. The summed E-state index contributed by atoms with van der Waals surface area (Å²) in [5.74, 6) is 0. The second kappa shape index (κ2) is 3.28. The summed E-state index contributed by atoms with van der Waals surface area (Å²) in [5.41, 5.74) is 1.27. The molecule has 72 valence electrons. The Labute approximate surface area is 85.1 Å². The molecule has 0 bridgehead atoms. The Kier molecular flexibility index (Phi) is 1.95. The molecule has 0 N–H and O–H groups in total. The highest BCUT2D eigenvalue weighted by Crippen LogP contribution is 2.30. The molecule has 1 atom stereocenters. The van der Waals surface area contributed by atoms with Crippen molar-refractivity contribution in [3.63, 3.8) is 0 Å². The van der Waals surface area contributed by atoms with Gasteiger partial charge in [-0.2, -0.15) is 0 Å². The van der Waals surface area contributed by atoms with Crippen molar-refractivity contribution < 1.29 is 0 Å². The topological polar surface area (TPSA) is 6.48 Å². The lowest BCUT2D eigenvalue weighted by Gasteiger charge is -2.16. The monoisotopic (exact) mass is 186 g/mol. The van der Waals surface area contributed by atoms with Crippen LogP contribution in [0.15, 0.2) is 30.3 Å². The molecular weight excluding hydrogens is 172 g/mol. The largest absolute Gasteiger partial charge is 0.345 e. The first kappa shape index (κ1) is 8.30. The molecule has 0 unspecified atom stereocenters. The Hall–Kier alpha value is -1.02. The van der Waals surface area contributed by atoms with Crippen molar-refractivity contribution in [3.05, 3.63) is 37.0 Å². The van der Waals surface area contributed by atoms with E-state index < -0.39 is 0 Å². The summed E-state index contributed by atoms with van der Waals surface area (Å²) in [5, 5.41) is 0. The number of fused-ring (bicyclic) bond motifs is 1. The zero-order valence-corrected chi connectivity index (χ0v) is 8.19. The number of hydrogen-bond acceptors (Lipinski definition) is 2. The first-order chi connectivity index (χ1) is 6.93. The molecule has 3 rings (SSSR count). The summed E-state index contributed by atoms with van der Waals surface area (Å²) < 4.78 is 0. The van der Waals surface area contributed by atoms with E-state index in [0.29, 0.717) is 0 Å². The summed E-state index contributed by atoms with van der Waals surface area (Å²) >= 11 is 0. The molecule has 14 heavy (non-hydrogen) atoms. The van der Waals surface area contributed by atoms with Crippen molar-refractivity contribution in [1.82, 2.24) is 4.90 Å². The van der Waals surface area contributed by atoms with E-state index in [-0.39, 0.29) is 0 Å². The van der Waals surface area contributed by atoms with Gasteiger partial charge in [0.25, 0.3) is 0 Å². The number of para-hydroxylation sites is 1. The minimum absolute atomic E-state index is 0.718. The second-order valence-electron chi connectivity index (χ2n) is 4.04. The molecule has 0 saturated carbocycles. The van der Waals surface area contributed by atoms with E-state index in [0.717, 1.165) is 12.6 Å². The zero-order valence-electron chi connectivity index (χ0n) is 8.19. The average Bonchev–Trinajstić information content (AvgIpc) is 2.78. The van der Waals surface area contributed by atoms with Crippen molar-refractivity contribution in [3.8, 4) is 0 Å². The first-order valence-corrected chi connectivity index (χ1v) is 5.29. The molecule has 2 saturated heterocycles. The molecule has 2 nitrogen and oxygen atoms in total. The maximum atomic E-state index is 3.44. The summed E-state index contributed by atoms with van der Waals surface area (Å²) in [4.78, 5) is 4.59. The third kappa shape index (κ3) is 1.30. The van der Waals surface area contributed by atoms with Gasteiger partial charge in [-0.25, -0.2) is 0 Å². The van der Waals surface area contributed by atoms with Crippen LogP contribution in [0.1, 0.15) is 12.8 Å². The van der Waals surface area contributed by atoms with Crippen LogP contribution in [0.5, 0.6) is 0 Å². The molecule has 1 aromatic rings. The quantitative estimate of drug-likeness (QED) is 0.661. The van der Waals surface area contributed by atoms with Crippen molar-refractivity contribution in [2.24, 2.45) is 0 Å². The Morgan fingerprint density at radius 1 is 1.21 bits per heavy atom. The van der Waals surface area contributed by atoms with Crippen LogP contribution >= 0.6 is 0 Å². The molecule has 2 radical (unpaired) electrons. The van der Waals surface area contributed by atoms with Crippen LogP contribution in [0.25, 0.3) is 0 Å². The van der Waals surface area contributed by atoms with E-state index in [1.807, 2.05) is 0 Å². The molecule has 0 amide bonds. The predicted molar refractivity (Wildman–Crippen MR) is 56.8 cm³/mol. The van der Waals surface area contributed by atoms with E-state index in [2.05, 4.69) is 46.8 Å². The van der Waals surface area contributed by atoms with Crippen molar-refractivity contribution in [1.29, 1.82) is 0 Å². The van der Waals surface area contributed by atoms with Crippen LogP contribution < -0.4 is 4.90 Å². The van der Waals surface area contributed by atoms with Gasteiger partial charge in [0, 0.05) is 24.8 Å². The van der Waals surface area contributed by atoms with Gasteiger partial charge in [-0.3, -0.25) is 4.90 Å². The molecule has 2 aliphatic rings. The molecule has 0 spiro atoms. The van der Waals surface area contributed by atoms with Crippen LogP contribution in [-0.4, -0.2) is 24.0 Å². The van der Waals surface area contributed by atoms with E-state index in [4.69, 9.17) is 0 Å².